The number of hydrogen-bond acceptors (Lipinski definition) is 2. The predicted octanol–water partition coefficient (Wildman–Crippen LogP) is 4.42. The van der Waals surface area contributed by atoms with Gasteiger partial charge in [0.25, 0.3) is 0 Å². The summed E-state index contributed by atoms with van der Waals surface area (Å²) in [6.45, 7) is 4.00. The Morgan fingerprint density at radius 2 is 1.61 bits per heavy atom. The van der Waals surface area contributed by atoms with Crippen LogP contribution < -0.4 is 4.74 Å². The third-order valence-electron chi connectivity index (χ3n) is 2.80. The van der Waals surface area contributed by atoms with Gasteiger partial charge in [-0.05, 0) is 17.5 Å². The smallest absolute Gasteiger partial charge is 0.128 e. The minimum Gasteiger partial charge on any atom is -0.496 e. The van der Waals surface area contributed by atoms with Gasteiger partial charge in [-0.2, -0.15) is 0 Å². The van der Waals surface area contributed by atoms with Crippen LogP contribution in [0.5, 0.6) is 5.75 Å². The molecule has 0 unspecified atom stereocenters. The zero-order valence-corrected chi connectivity index (χ0v) is 11.0. The quantitative estimate of drug-likeness (QED) is 0.586. The van der Waals surface area contributed by atoms with E-state index in [0.717, 1.165) is 27.4 Å². The maximum Gasteiger partial charge on any atom is 0.128 e. The third-order valence-corrected chi connectivity index (χ3v) is 2.80. The van der Waals surface area contributed by atoms with Gasteiger partial charge in [0.2, 0.25) is 0 Å². The Morgan fingerprint density at radius 1 is 0.889 bits per heavy atom. The Labute approximate surface area is 107 Å². The van der Waals surface area contributed by atoms with Gasteiger partial charge in [-0.25, -0.2) is 0 Å². The van der Waals surface area contributed by atoms with Gasteiger partial charge in [0, 0.05) is 11.6 Å². The van der Waals surface area contributed by atoms with Gasteiger partial charge in [-0.1, -0.05) is 44.2 Å². The summed E-state index contributed by atoms with van der Waals surface area (Å²) in [6.07, 6.45) is 1.81. The molecule has 0 radical (unpaired) electrons. The van der Waals surface area contributed by atoms with E-state index in [0.29, 0.717) is 0 Å². The van der Waals surface area contributed by atoms with Crippen molar-refractivity contribution < 1.29 is 4.74 Å². The summed E-state index contributed by atoms with van der Waals surface area (Å²) in [7, 11) is 1.69. The van der Waals surface area contributed by atoms with E-state index in [2.05, 4.69) is 29.2 Å². The van der Waals surface area contributed by atoms with Crippen LogP contribution in [0.25, 0.3) is 21.7 Å². The van der Waals surface area contributed by atoms with E-state index in [4.69, 9.17) is 4.74 Å². The molecule has 2 heteroatoms. The molecule has 18 heavy (non-hydrogen) atoms. The average molecular weight is 239 g/mol. The molecule has 0 fully saturated rings. The van der Waals surface area contributed by atoms with Gasteiger partial charge in [0.1, 0.15) is 5.75 Å². The second-order valence-electron chi connectivity index (χ2n) is 3.70. The minimum atomic E-state index is 0.877. The summed E-state index contributed by atoms with van der Waals surface area (Å²) >= 11 is 0. The SMILES string of the molecule is CC.COc1cccc2ccc3cccnc3c12. The van der Waals surface area contributed by atoms with Crippen LogP contribution in [0.3, 0.4) is 0 Å². The number of aromatic nitrogens is 1. The highest BCUT2D eigenvalue weighted by Gasteiger charge is 2.05. The van der Waals surface area contributed by atoms with Crippen molar-refractivity contribution in [1.82, 2.24) is 4.98 Å². The normalized spacial score (nSPS) is 9.94. The molecule has 0 bridgehead atoms. The zero-order chi connectivity index (χ0) is 13.0. The largest absolute Gasteiger partial charge is 0.496 e. The Morgan fingerprint density at radius 3 is 2.39 bits per heavy atom. The lowest BCUT2D eigenvalue weighted by Crippen LogP contribution is -1.87. The van der Waals surface area contributed by atoms with Crippen molar-refractivity contribution in [3.8, 4) is 5.75 Å². The molecular formula is C16H17NO. The number of benzene rings is 2. The van der Waals surface area contributed by atoms with Crippen molar-refractivity contribution in [3.05, 3.63) is 48.7 Å². The topological polar surface area (TPSA) is 22.1 Å². The molecule has 0 amide bonds. The Hall–Kier alpha value is -2.09. The second kappa shape index (κ2) is 5.50. The molecule has 0 N–H and O–H groups in total. The van der Waals surface area contributed by atoms with Crippen LogP contribution in [0.1, 0.15) is 13.8 Å². The lowest BCUT2D eigenvalue weighted by molar-refractivity contribution is 0.420. The maximum absolute atomic E-state index is 5.40. The van der Waals surface area contributed by atoms with Gasteiger partial charge in [-0.15, -0.1) is 0 Å². The maximum atomic E-state index is 5.40. The van der Waals surface area contributed by atoms with E-state index in [1.807, 2.05) is 38.2 Å². The van der Waals surface area contributed by atoms with E-state index in [-0.39, 0.29) is 0 Å². The van der Waals surface area contributed by atoms with Gasteiger partial charge in [-0.3, -0.25) is 4.98 Å². The first-order valence-electron chi connectivity index (χ1n) is 6.20. The van der Waals surface area contributed by atoms with E-state index in [1.54, 1.807) is 7.11 Å². The molecule has 3 rings (SSSR count). The van der Waals surface area contributed by atoms with Crippen molar-refractivity contribution in [3.63, 3.8) is 0 Å². The molecule has 2 aromatic carbocycles. The van der Waals surface area contributed by atoms with Crippen molar-refractivity contribution in [2.75, 3.05) is 7.11 Å². The Balaban J connectivity index is 0.000000574. The highest BCUT2D eigenvalue weighted by atomic mass is 16.5. The molecule has 1 heterocycles. The first kappa shape index (κ1) is 12.4. The van der Waals surface area contributed by atoms with Gasteiger partial charge in [0.05, 0.1) is 18.0 Å². The first-order chi connectivity index (χ1) is 8.90. The van der Waals surface area contributed by atoms with Crippen molar-refractivity contribution in [2.24, 2.45) is 0 Å². The minimum absolute atomic E-state index is 0.877. The average Bonchev–Trinajstić information content (AvgIpc) is 2.48. The standard InChI is InChI=1S/C14H11NO.C2H6/c1-16-12-6-2-4-10-7-8-11-5-3-9-15-14(11)13(10)12;1-2/h2-9H,1H3;1-2H3. The van der Waals surface area contributed by atoms with E-state index in [1.165, 1.54) is 0 Å². The fraction of sp³-hybridized carbons (Fsp3) is 0.188. The summed E-state index contributed by atoms with van der Waals surface area (Å²) < 4.78 is 5.40. The Kier molecular flexibility index (Phi) is 3.78. The Bertz CT molecular complexity index is 661. The second-order valence-corrected chi connectivity index (χ2v) is 3.70. The molecule has 0 aliphatic heterocycles. The molecule has 0 aliphatic carbocycles. The zero-order valence-electron chi connectivity index (χ0n) is 11.0. The monoisotopic (exact) mass is 239 g/mol. The molecule has 0 aliphatic rings. The molecule has 2 nitrogen and oxygen atoms in total. The van der Waals surface area contributed by atoms with E-state index >= 15 is 0 Å². The number of nitrogens with zero attached hydrogens (tertiary/aromatic N) is 1. The molecule has 0 saturated carbocycles. The number of hydrogen-bond donors (Lipinski definition) is 0. The first-order valence-corrected chi connectivity index (χ1v) is 6.20. The van der Waals surface area contributed by atoms with Crippen LogP contribution in [-0.4, -0.2) is 12.1 Å². The van der Waals surface area contributed by atoms with Gasteiger partial charge < -0.3 is 4.74 Å². The van der Waals surface area contributed by atoms with Crippen molar-refractivity contribution in [1.29, 1.82) is 0 Å². The lowest BCUT2D eigenvalue weighted by Gasteiger charge is -2.07. The van der Waals surface area contributed by atoms with Crippen molar-refractivity contribution >= 4 is 21.7 Å². The summed E-state index contributed by atoms with van der Waals surface area (Å²) in [5, 5.41) is 3.38. The van der Waals surface area contributed by atoms with Crippen LogP contribution in [0.2, 0.25) is 0 Å². The van der Waals surface area contributed by atoms with Crippen LogP contribution in [0.4, 0.5) is 0 Å². The number of rotatable bonds is 1. The van der Waals surface area contributed by atoms with Gasteiger partial charge >= 0.3 is 0 Å². The molecular weight excluding hydrogens is 222 g/mol. The summed E-state index contributed by atoms with van der Waals surface area (Å²) in [5.41, 5.74) is 0.998. The predicted molar refractivity (Wildman–Crippen MR) is 77.1 cm³/mol. The number of methoxy groups -OCH3 is 1. The van der Waals surface area contributed by atoms with Crippen molar-refractivity contribution in [2.45, 2.75) is 13.8 Å². The number of pyridine rings is 1. The van der Waals surface area contributed by atoms with Crippen LogP contribution in [0, 0.1) is 0 Å². The molecule has 1 aromatic heterocycles. The highest BCUT2D eigenvalue weighted by molar-refractivity contribution is 6.08. The number of ether oxygens (including phenoxy) is 1. The van der Waals surface area contributed by atoms with E-state index < -0.39 is 0 Å². The molecule has 0 saturated heterocycles. The number of fused-ring (bicyclic) bond motifs is 3. The molecule has 0 spiro atoms. The van der Waals surface area contributed by atoms with Crippen LogP contribution >= 0.6 is 0 Å². The highest BCUT2D eigenvalue weighted by Crippen LogP contribution is 2.31. The van der Waals surface area contributed by atoms with Crippen LogP contribution in [0.15, 0.2) is 48.7 Å². The van der Waals surface area contributed by atoms with E-state index in [9.17, 15) is 0 Å². The summed E-state index contributed by atoms with van der Waals surface area (Å²) in [4.78, 5) is 4.44. The summed E-state index contributed by atoms with van der Waals surface area (Å²) in [6, 6.07) is 14.2. The third kappa shape index (κ3) is 2.02. The fourth-order valence-corrected chi connectivity index (χ4v) is 2.05. The molecule has 92 valence electrons. The molecule has 3 aromatic rings. The summed E-state index contributed by atoms with van der Waals surface area (Å²) in [5.74, 6) is 0.877. The molecule has 0 atom stereocenters. The lowest BCUT2D eigenvalue weighted by atomic mass is 10.1. The van der Waals surface area contributed by atoms with Gasteiger partial charge in [0.15, 0.2) is 0 Å². The van der Waals surface area contributed by atoms with Crippen LogP contribution in [-0.2, 0) is 0 Å². The fourth-order valence-electron chi connectivity index (χ4n) is 2.05.